The zero-order valence-electron chi connectivity index (χ0n) is 19.4. The van der Waals surface area contributed by atoms with Crippen molar-refractivity contribution < 1.29 is 14.4 Å². The molecule has 2 aliphatic heterocycles. The van der Waals surface area contributed by atoms with Gasteiger partial charge in [-0.1, -0.05) is 34.8 Å². The van der Waals surface area contributed by atoms with E-state index < -0.39 is 11.8 Å². The van der Waals surface area contributed by atoms with Crippen LogP contribution >= 0.6 is 34.8 Å². The number of benzene rings is 3. The van der Waals surface area contributed by atoms with Gasteiger partial charge in [0.15, 0.2) is 0 Å². The second-order valence-electron chi connectivity index (χ2n) is 8.63. The Labute approximate surface area is 228 Å². The van der Waals surface area contributed by atoms with E-state index in [0.29, 0.717) is 22.0 Å². The van der Waals surface area contributed by atoms with Gasteiger partial charge in [-0.3, -0.25) is 14.4 Å². The first-order valence-electron chi connectivity index (χ1n) is 11.6. The van der Waals surface area contributed by atoms with Crippen LogP contribution in [-0.2, 0) is 9.59 Å². The van der Waals surface area contributed by atoms with Gasteiger partial charge in [-0.15, -0.1) is 0 Å². The SMILES string of the molecule is O=C(Nc1ccc(N2CCCC2)cc1)c1ccc(NC2=C(Cl)C(=O)N(c3cc(Cl)ccc3Cl)C2=O)cc1. The van der Waals surface area contributed by atoms with Crippen LogP contribution in [0, 0.1) is 0 Å². The summed E-state index contributed by atoms with van der Waals surface area (Å²) >= 11 is 18.4. The number of hydrogen-bond donors (Lipinski definition) is 2. The first kappa shape index (κ1) is 25.1. The zero-order chi connectivity index (χ0) is 26.1. The second-order valence-corrected chi connectivity index (χ2v) is 9.85. The molecule has 3 aromatic rings. The van der Waals surface area contributed by atoms with Crippen LogP contribution < -0.4 is 20.4 Å². The molecule has 37 heavy (non-hydrogen) atoms. The van der Waals surface area contributed by atoms with E-state index in [-0.39, 0.29) is 27.3 Å². The van der Waals surface area contributed by atoms with Crippen LogP contribution in [0.25, 0.3) is 0 Å². The summed E-state index contributed by atoms with van der Waals surface area (Å²) in [4.78, 5) is 41.6. The summed E-state index contributed by atoms with van der Waals surface area (Å²) in [6.07, 6.45) is 2.40. The van der Waals surface area contributed by atoms with Gasteiger partial charge < -0.3 is 15.5 Å². The fourth-order valence-corrected chi connectivity index (χ4v) is 4.85. The van der Waals surface area contributed by atoms with Gasteiger partial charge in [-0.05, 0) is 79.6 Å². The van der Waals surface area contributed by atoms with E-state index >= 15 is 0 Å². The van der Waals surface area contributed by atoms with Gasteiger partial charge in [0.1, 0.15) is 10.7 Å². The van der Waals surface area contributed by atoms with Crippen LogP contribution in [0.1, 0.15) is 23.2 Å². The molecule has 0 radical (unpaired) electrons. The van der Waals surface area contributed by atoms with Crippen molar-refractivity contribution in [2.24, 2.45) is 0 Å². The molecule has 0 aliphatic carbocycles. The standard InChI is InChI=1S/C27H21Cl3N4O3/c28-17-5-12-21(29)22(15-17)34-26(36)23(30)24(27(34)37)31-18-6-3-16(4-7-18)25(35)32-19-8-10-20(11-9-19)33-13-1-2-14-33/h3-12,15,31H,1-2,13-14H2,(H,32,35). The summed E-state index contributed by atoms with van der Waals surface area (Å²) in [7, 11) is 0. The molecular weight excluding hydrogens is 535 g/mol. The second kappa shape index (κ2) is 10.5. The Morgan fingerprint density at radius 3 is 2.11 bits per heavy atom. The smallest absolute Gasteiger partial charge is 0.283 e. The molecule has 0 atom stereocenters. The molecule has 2 heterocycles. The van der Waals surface area contributed by atoms with Gasteiger partial charge >= 0.3 is 0 Å². The van der Waals surface area contributed by atoms with E-state index in [0.717, 1.165) is 23.7 Å². The Morgan fingerprint density at radius 1 is 0.784 bits per heavy atom. The van der Waals surface area contributed by atoms with Crippen molar-refractivity contribution in [1.82, 2.24) is 0 Å². The first-order valence-corrected chi connectivity index (χ1v) is 12.7. The number of carbonyl (C=O) groups excluding carboxylic acids is 3. The highest BCUT2D eigenvalue weighted by atomic mass is 35.5. The molecule has 2 aliphatic rings. The zero-order valence-corrected chi connectivity index (χ0v) is 21.7. The Morgan fingerprint density at radius 2 is 1.43 bits per heavy atom. The van der Waals surface area contributed by atoms with Crippen molar-refractivity contribution in [2.75, 3.05) is 33.5 Å². The molecule has 5 rings (SSSR count). The molecule has 0 aromatic heterocycles. The minimum absolute atomic E-state index is 0.0991. The number of anilines is 4. The van der Waals surface area contributed by atoms with Crippen LogP contribution in [0.3, 0.4) is 0 Å². The topological polar surface area (TPSA) is 81.8 Å². The average molecular weight is 556 g/mol. The molecule has 0 saturated carbocycles. The maximum absolute atomic E-state index is 13.0. The number of amides is 3. The van der Waals surface area contributed by atoms with Gasteiger partial charge in [0.05, 0.1) is 10.7 Å². The van der Waals surface area contributed by atoms with E-state index in [1.807, 2.05) is 24.3 Å². The summed E-state index contributed by atoms with van der Waals surface area (Å²) in [5.74, 6) is -1.66. The molecule has 0 unspecified atom stereocenters. The number of halogens is 3. The molecule has 1 saturated heterocycles. The molecule has 7 nitrogen and oxygen atoms in total. The predicted molar refractivity (Wildman–Crippen MR) is 148 cm³/mol. The number of imide groups is 1. The third-order valence-corrected chi connectivity index (χ3v) is 7.09. The average Bonchev–Trinajstić information content (AvgIpc) is 3.50. The van der Waals surface area contributed by atoms with Crippen LogP contribution in [0.5, 0.6) is 0 Å². The predicted octanol–water partition coefficient (Wildman–Crippen LogP) is 6.28. The normalized spacial score (nSPS) is 15.5. The molecule has 0 bridgehead atoms. The lowest BCUT2D eigenvalue weighted by molar-refractivity contribution is -0.120. The van der Waals surface area contributed by atoms with E-state index in [4.69, 9.17) is 34.8 Å². The van der Waals surface area contributed by atoms with Gasteiger partial charge in [0, 0.05) is 40.7 Å². The summed E-state index contributed by atoms with van der Waals surface area (Å²) in [5, 5.41) is 5.98. The first-order chi connectivity index (χ1) is 17.8. The Kier molecular flexibility index (Phi) is 7.11. The molecule has 3 amide bonds. The van der Waals surface area contributed by atoms with Crippen molar-refractivity contribution in [3.8, 4) is 0 Å². The largest absolute Gasteiger partial charge is 0.372 e. The minimum atomic E-state index is -0.718. The molecule has 3 aromatic carbocycles. The molecular formula is C27H21Cl3N4O3. The van der Waals surface area contributed by atoms with Gasteiger partial charge in [-0.2, -0.15) is 0 Å². The number of hydrogen-bond acceptors (Lipinski definition) is 5. The quantitative estimate of drug-likeness (QED) is 0.350. The molecule has 0 spiro atoms. The van der Waals surface area contributed by atoms with Gasteiger partial charge in [0.25, 0.3) is 17.7 Å². The number of carbonyl (C=O) groups is 3. The Hall–Kier alpha value is -3.52. The summed E-state index contributed by atoms with van der Waals surface area (Å²) in [5.41, 5.74) is 2.78. The molecule has 1 fully saturated rings. The third kappa shape index (κ3) is 5.16. The van der Waals surface area contributed by atoms with E-state index in [1.165, 1.54) is 25.0 Å². The van der Waals surface area contributed by atoms with Gasteiger partial charge in [0.2, 0.25) is 0 Å². The Bertz CT molecular complexity index is 1420. The van der Waals surface area contributed by atoms with Crippen molar-refractivity contribution in [2.45, 2.75) is 12.8 Å². The molecule has 2 N–H and O–H groups in total. The number of rotatable bonds is 6. The van der Waals surface area contributed by atoms with Crippen LogP contribution in [0.2, 0.25) is 10.0 Å². The van der Waals surface area contributed by atoms with Crippen LogP contribution in [0.15, 0.2) is 77.5 Å². The number of nitrogens with zero attached hydrogens (tertiary/aromatic N) is 2. The monoisotopic (exact) mass is 554 g/mol. The van der Waals surface area contributed by atoms with E-state index in [2.05, 4.69) is 15.5 Å². The van der Waals surface area contributed by atoms with Gasteiger partial charge in [-0.25, -0.2) is 4.90 Å². The summed E-state index contributed by atoms with van der Waals surface area (Å²) < 4.78 is 0. The molecule has 10 heteroatoms. The third-order valence-electron chi connectivity index (χ3n) is 6.19. The lowest BCUT2D eigenvalue weighted by atomic mass is 10.1. The number of nitrogens with one attached hydrogen (secondary N) is 2. The van der Waals surface area contributed by atoms with E-state index in [1.54, 1.807) is 30.3 Å². The fraction of sp³-hybridized carbons (Fsp3) is 0.148. The highest BCUT2D eigenvalue weighted by Gasteiger charge is 2.40. The van der Waals surface area contributed by atoms with Crippen molar-refractivity contribution in [3.63, 3.8) is 0 Å². The fourth-order valence-electron chi connectivity index (χ4n) is 4.27. The summed E-state index contributed by atoms with van der Waals surface area (Å²) in [6.45, 7) is 2.11. The molecule has 188 valence electrons. The van der Waals surface area contributed by atoms with Crippen molar-refractivity contribution >= 4 is 75.3 Å². The minimum Gasteiger partial charge on any atom is -0.372 e. The highest BCUT2D eigenvalue weighted by Crippen LogP contribution is 2.36. The van der Waals surface area contributed by atoms with E-state index in [9.17, 15) is 14.4 Å². The lowest BCUT2D eigenvalue weighted by Gasteiger charge is -2.17. The van der Waals surface area contributed by atoms with Crippen molar-refractivity contribution in [3.05, 3.63) is 93.1 Å². The van der Waals surface area contributed by atoms with Crippen molar-refractivity contribution in [1.29, 1.82) is 0 Å². The van der Waals surface area contributed by atoms with Crippen LogP contribution in [-0.4, -0.2) is 30.8 Å². The maximum atomic E-state index is 13.0. The Balaban J connectivity index is 1.25. The van der Waals surface area contributed by atoms with Crippen LogP contribution in [0.4, 0.5) is 22.7 Å². The highest BCUT2D eigenvalue weighted by molar-refractivity contribution is 6.54. The lowest BCUT2D eigenvalue weighted by Crippen LogP contribution is -2.32. The summed E-state index contributed by atoms with van der Waals surface area (Å²) in [6, 6.07) is 18.7. The maximum Gasteiger partial charge on any atom is 0.283 e.